The zero-order valence-electron chi connectivity index (χ0n) is 32.1. The molecule has 59 heavy (non-hydrogen) atoms. The number of hydrogen-bond acceptors (Lipinski definition) is 2. The molecule has 10 aromatic carbocycles. The lowest BCUT2D eigenvalue weighted by Gasteiger charge is -2.26. The minimum Gasteiger partial charge on any atom is -0.453 e. The van der Waals surface area contributed by atoms with Crippen molar-refractivity contribution in [2.45, 2.75) is 0 Å². The van der Waals surface area contributed by atoms with Crippen LogP contribution < -0.4 is 4.90 Å². The molecule has 0 spiro atoms. The molecule has 0 aliphatic carbocycles. The van der Waals surface area contributed by atoms with Gasteiger partial charge in [-0.2, -0.15) is 0 Å². The van der Waals surface area contributed by atoms with Crippen LogP contribution in [-0.2, 0) is 0 Å². The fourth-order valence-electron chi connectivity index (χ4n) is 9.11. The van der Waals surface area contributed by atoms with Gasteiger partial charge in [0.1, 0.15) is 5.58 Å². The van der Waals surface area contributed by atoms with E-state index in [2.05, 4.69) is 228 Å². The molecular weight excluding hydrogens is 717 g/mol. The third-order valence-electron chi connectivity index (χ3n) is 12.0. The van der Waals surface area contributed by atoms with Crippen molar-refractivity contribution in [3.8, 4) is 27.9 Å². The highest BCUT2D eigenvalue weighted by molar-refractivity contribution is 6.17. The first-order valence-electron chi connectivity index (χ1n) is 20.2. The lowest BCUT2D eigenvalue weighted by molar-refractivity contribution is 0.673. The molecule has 3 heteroatoms. The number of hydrogen-bond donors (Lipinski definition) is 0. The Morgan fingerprint density at radius 1 is 0.322 bits per heavy atom. The number of aromatic nitrogens is 1. The second kappa shape index (κ2) is 13.4. The van der Waals surface area contributed by atoms with E-state index in [4.69, 9.17) is 4.42 Å². The van der Waals surface area contributed by atoms with Gasteiger partial charge in [-0.1, -0.05) is 152 Å². The van der Waals surface area contributed by atoms with Crippen LogP contribution in [0.25, 0.3) is 93.2 Å². The first-order valence-corrected chi connectivity index (χ1v) is 20.2. The van der Waals surface area contributed by atoms with Gasteiger partial charge in [-0.05, 0) is 105 Å². The van der Waals surface area contributed by atoms with E-state index in [0.717, 1.165) is 61.2 Å². The molecule has 0 saturated carbocycles. The lowest BCUT2D eigenvalue weighted by atomic mass is 10.0. The van der Waals surface area contributed by atoms with Crippen molar-refractivity contribution in [2.24, 2.45) is 0 Å². The van der Waals surface area contributed by atoms with Crippen molar-refractivity contribution in [3.63, 3.8) is 0 Å². The summed E-state index contributed by atoms with van der Waals surface area (Å²) < 4.78 is 9.29. The molecule has 0 aliphatic rings. The number of nitrogens with zero attached hydrogens (tertiary/aromatic N) is 2. The molecule has 0 radical (unpaired) electrons. The molecule has 0 saturated heterocycles. The summed E-state index contributed by atoms with van der Waals surface area (Å²) >= 11 is 0. The minimum atomic E-state index is 0.861. The van der Waals surface area contributed by atoms with Crippen LogP contribution in [0.2, 0.25) is 0 Å². The fraction of sp³-hybridized carbons (Fsp3) is 0. The van der Waals surface area contributed by atoms with Crippen molar-refractivity contribution >= 4 is 82.4 Å². The van der Waals surface area contributed by atoms with Gasteiger partial charge in [0.25, 0.3) is 0 Å². The summed E-state index contributed by atoms with van der Waals surface area (Å²) in [6, 6.07) is 78.6. The van der Waals surface area contributed by atoms with Crippen molar-refractivity contribution in [1.29, 1.82) is 0 Å². The number of para-hydroxylation sites is 3. The fourth-order valence-corrected chi connectivity index (χ4v) is 9.11. The third kappa shape index (κ3) is 5.44. The van der Waals surface area contributed by atoms with Gasteiger partial charge >= 0.3 is 0 Å². The number of rotatable bonds is 6. The molecule has 0 aliphatic heterocycles. The van der Waals surface area contributed by atoms with Crippen LogP contribution in [0, 0.1) is 0 Å². The van der Waals surface area contributed by atoms with E-state index in [9.17, 15) is 0 Å². The molecule has 2 heterocycles. The maximum absolute atomic E-state index is 6.91. The van der Waals surface area contributed by atoms with Crippen molar-refractivity contribution in [2.75, 3.05) is 4.90 Å². The Kier molecular flexibility index (Phi) is 7.54. The molecule has 12 aromatic rings. The van der Waals surface area contributed by atoms with Crippen LogP contribution in [0.4, 0.5) is 17.1 Å². The maximum Gasteiger partial charge on any atom is 0.159 e. The molecule has 12 rings (SSSR count). The van der Waals surface area contributed by atoms with Crippen LogP contribution in [-0.4, -0.2) is 4.57 Å². The highest BCUT2D eigenvalue weighted by Gasteiger charge is 2.21. The van der Waals surface area contributed by atoms with Gasteiger partial charge in [0.2, 0.25) is 0 Å². The smallest absolute Gasteiger partial charge is 0.159 e. The largest absolute Gasteiger partial charge is 0.453 e. The Morgan fingerprint density at radius 3 is 1.56 bits per heavy atom. The summed E-state index contributed by atoms with van der Waals surface area (Å²) in [5, 5.41) is 9.50. The second-order valence-corrected chi connectivity index (χ2v) is 15.3. The molecule has 3 nitrogen and oxygen atoms in total. The number of benzene rings is 10. The average Bonchev–Trinajstić information content (AvgIpc) is 3.86. The number of fused-ring (bicyclic) bond motifs is 9. The van der Waals surface area contributed by atoms with E-state index in [0.29, 0.717) is 0 Å². The molecule has 0 fully saturated rings. The molecule has 0 atom stereocenters. The molecule has 0 amide bonds. The Morgan fingerprint density at radius 2 is 0.847 bits per heavy atom. The predicted octanol–water partition coefficient (Wildman–Crippen LogP) is 15.8. The lowest BCUT2D eigenvalue weighted by Crippen LogP contribution is -2.10. The van der Waals surface area contributed by atoms with Crippen molar-refractivity contribution in [1.82, 2.24) is 4.57 Å². The van der Waals surface area contributed by atoms with Crippen molar-refractivity contribution in [3.05, 3.63) is 218 Å². The quantitative estimate of drug-likeness (QED) is 0.169. The average molecular weight is 753 g/mol. The SMILES string of the molecule is c1cc(-c2ccc(N(c3ccc(-c4ccc5ccccc5c4)cc3)c3cccc4c3oc3c5ccccc5ccc43)cc2)cc(-n2c3ccccc3c3ccccc32)c1. The summed E-state index contributed by atoms with van der Waals surface area (Å²) in [5.41, 5.74) is 13.1. The van der Waals surface area contributed by atoms with Gasteiger partial charge < -0.3 is 13.9 Å². The first-order chi connectivity index (χ1) is 29.2. The highest BCUT2D eigenvalue weighted by atomic mass is 16.3. The summed E-state index contributed by atoms with van der Waals surface area (Å²) in [6.07, 6.45) is 0. The molecule has 0 N–H and O–H groups in total. The molecular formula is C56H36N2O. The summed E-state index contributed by atoms with van der Waals surface area (Å²) in [5.74, 6) is 0. The van der Waals surface area contributed by atoms with E-state index in [1.165, 1.54) is 49.1 Å². The summed E-state index contributed by atoms with van der Waals surface area (Å²) in [4.78, 5) is 2.33. The van der Waals surface area contributed by atoms with Crippen molar-refractivity contribution < 1.29 is 4.42 Å². The molecule has 276 valence electrons. The Hall–Kier alpha value is -7.88. The van der Waals surface area contributed by atoms with Gasteiger partial charge in [0, 0.05) is 44.0 Å². The minimum absolute atomic E-state index is 0.861. The van der Waals surface area contributed by atoms with E-state index >= 15 is 0 Å². The Bertz CT molecular complexity index is 3500. The molecule has 0 unspecified atom stereocenters. The zero-order valence-corrected chi connectivity index (χ0v) is 32.1. The van der Waals surface area contributed by atoms with E-state index in [-0.39, 0.29) is 0 Å². The van der Waals surface area contributed by atoms with Gasteiger partial charge in [0.05, 0.1) is 16.7 Å². The predicted molar refractivity (Wildman–Crippen MR) is 249 cm³/mol. The summed E-state index contributed by atoms with van der Waals surface area (Å²) in [7, 11) is 0. The Labute approximate surface area is 341 Å². The topological polar surface area (TPSA) is 21.3 Å². The Balaban J connectivity index is 0.983. The second-order valence-electron chi connectivity index (χ2n) is 15.3. The maximum atomic E-state index is 6.91. The standard InChI is InChI=1S/C56H36N2O/c1-2-13-41-35-43(24-23-37(41)11-1)39-27-32-45(33-28-39)57(54-22-10-19-50-51-34-29-40-12-3-4-16-47(40)55(51)59-56(50)54)44-30-25-38(26-31-44)42-14-9-15-46(36-42)58-52-20-7-5-17-48(52)49-18-6-8-21-53(49)58/h1-36H. The summed E-state index contributed by atoms with van der Waals surface area (Å²) in [6.45, 7) is 0. The van der Waals surface area contributed by atoms with Gasteiger partial charge in [-0.3, -0.25) is 0 Å². The van der Waals surface area contributed by atoms with Gasteiger partial charge in [0.15, 0.2) is 5.58 Å². The van der Waals surface area contributed by atoms with Gasteiger partial charge in [-0.25, -0.2) is 0 Å². The van der Waals surface area contributed by atoms with E-state index in [1.807, 2.05) is 0 Å². The zero-order chi connectivity index (χ0) is 38.9. The van der Waals surface area contributed by atoms with E-state index < -0.39 is 0 Å². The van der Waals surface area contributed by atoms with Gasteiger partial charge in [-0.15, -0.1) is 0 Å². The number of anilines is 3. The molecule has 2 aromatic heterocycles. The van der Waals surface area contributed by atoms with Crippen LogP contribution in [0.5, 0.6) is 0 Å². The van der Waals surface area contributed by atoms with Crippen LogP contribution >= 0.6 is 0 Å². The van der Waals surface area contributed by atoms with Crippen LogP contribution in [0.15, 0.2) is 223 Å². The van der Waals surface area contributed by atoms with E-state index in [1.54, 1.807) is 0 Å². The van der Waals surface area contributed by atoms with Crippen LogP contribution in [0.1, 0.15) is 0 Å². The monoisotopic (exact) mass is 752 g/mol. The number of furan rings is 1. The highest BCUT2D eigenvalue weighted by Crippen LogP contribution is 2.44. The first kappa shape index (κ1) is 33.3. The molecule has 0 bridgehead atoms. The van der Waals surface area contributed by atoms with Crippen LogP contribution in [0.3, 0.4) is 0 Å². The normalized spacial score (nSPS) is 11.7. The third-order valence-corrected chi connectivity index (χ3v) is 12.0.